The number of ketones is 1. The number of halogens is 1. The van der Waals surface area contributed by atoms with Gasteiger partial charge < -0.3 is 19.6 Å². The van der Waals surface area contributed by atoms with E-state index in [4.69, 9.17) is 16.3 Å². The van der Waals surface area contributed by atoms with Gasteiger partial charge in [0.2, 0.25) is 0 Å². The molecule has 1 amide bonds. The molecule has 2 aromatic carbocycles. The maximum Gasteiger partial charge on any atom is 0.295 e. The Kier molecular flexibility index (Phi) is 7.82. The van der Waals surface area contributed by atoms with Crippen molar-refractivity contribution in [1.29, 1.82) is 0 Å². The van der Waals surface area contributed by atoms with Crippen molar-refractivity contribution in [2.75, 3.05) is 33.8 Å². The van der Waals surface area contributed by atoms with Crippen LogP contribution in [0.3, 0.4) is 0 Å². The fourth-order valence-corrected chi connectivity index (χ4v) is 4.07. The second-order valence-corrected chi connectivity index (χ2v) is 9.10. The molecule has 1 unspecified atom stereocenters. The largest absolute Gasteiger partial charge is 0.507 e. The van der Waals surface area contributed by atoms with E-state index in [1.165, 1.54) is 4.90 Å². The Balaban J connectivity index is 2.14. The van der Waals surface area contributed by atoms with Gasteiger partial charge in [0.25, 0.3) is 11.7 Å². The van der Waals surface area contributed by atoms with E-state index in [9.17, 15) is 14.7 Å². The van der Waals surface area contributed by atoms with Crippen LogP contribution in [-0.2, 0) is 9.59 Å². The number of aliphatic hydroxyl groups excluding tert-OH is 1. The molecule has 0 radical (unpaired) electrons. The molecular weight excluding hydrogens is 440 g/mol. The average molecular weight is 471 g/mol. The highest BCUT2D eigenvalue weighted by Crippen LogP contribution is 2.40. The first-order chi connectivity index (χ1) is 15.6. The van der Waals surface area contributed by atoms with E-state index < -0.39 is 17.7 Å². The number of likely N-dealkylation sites (N-methyl/N-ethyl adjacent to an activating group) is 1. The first-order valence-corrected chi connectivity index (χ1v) is 11.5. The second kappa shape index (κ2) is 10.4. The molecular formula is C26H31ClN2O4. The van der Waals surface area contributed by atoms with Gasteiger partial charge in [0, 0.05) is 18.7 Å². The number of nitrogens with zero attached hydrogens (tertiary/aromatic N) is 2. The molecule has 1 fully saturated rings. The number of carbonyl (C=O) groups excluding carboxylic acids is 2. The summed E-state index contributed by atoms with van der Waals surface area (Å²) < 4.78 is 5.54. The Bertz CT molecular complexity index is 1060. The van der Waals surface area contributed by atoms with Crippen molar-refractivity contribution in [2.45, 2.75) is 32.7 Å². The van der Waals surface area contributed by atoms with Crippen LogP contribution < -0.4 is 4.74 Å². The lowest BCUT2D eigenvalue weighted by Crippen LogP contribution is -2.35. The Morgan fingerprint density at radius 1 is 1.15 bits per heavy atom. The summed E-state index contributed by atoms with van der Waals surface area (Å²) in [7, 11) is 3.82. The minimum atomic E-state index is -0.697. The first kappa shape index (κ1) is 24.8. The lowest BCUT2D eigenvalue weighted by atomic mass is 9.93. The molecule has 7 heteroatoms. The minimum absolute atomic E-state index is 0.0702. The Labute approximate surface area is 200 Å². The Morgan fingerprint density at radius 3 is 2.39 bits per heavy atom. The SMILES string of the molecule is CCOc1cc(/C(O)=C2/C(=O)C(=O)N(CCN(C)C)C2c2ccc(C(C)C)cc2)ccc1Cl. The molecule has 0 spiro atoms. The summed E-state index contributed by atoms with van der Waals surface area (Å²) in [6.07, 6.45) is 0. The summed E-state index contributed by atoms with van der Waals surface area (Å²) in [5.74, 6) is -0.795. The molecule has 3 rings (SSSR count). The number of aliphatic hydroxyl groups is 1. The average Bonchev–Trinajstić information content (AvgIpc) is 3.03. The van der Waals surface area contributed by atoms with E-state index in [0.29, 0.717) is 41.9 Å². The first-order valence-electron chi connectivity index (χ1n) is 11.1. The van der Waals surface area contributed by atoms with Crippen molar-refractivity contribution >= 4 is 29.1 Å². The van der Waals surface area contributed by atoms with Gasteiger partial charge in [-0.2, -0.15) is 0 Å². The lowest BCUT2D eigenvalue weighted by molar-refractivity contribution is -0.140. The molecule has 1 aliphatic rings. The lowest BCUT2D eigenvalue weighted by Gasteiger charge is -2.27. The Hall–Kier alpha value is -2.83. The quantitative estimate of drug-likeness (QED) is 0.339. The smallest absolute Gasteiger partial charge is 0.295 e. The molecule has 1 atom stereocenters. The van der Waals surface area contributed by atoms with Crippen LogP contribution in [0.2, 0.25) is 5.02 Å². The van der Waals surface area contributed by atoms with Crippen molar-refractivity contribution in [1.82, 2.24) is 9.80 Å². The van der Waals surface area contributed by atoms with Crippen molar-refractivity contribution < 1.29 is 19.4 Å². The van der Waals surface area contributed by atoms with Crippen LogP contribution in [0, 0.1) is 0 Å². The van der Waals surface area contributed by atoms with Crippen LogP contribution in [-0.4, -0.2) is 60.4 Å². The van der Waals surface area contributed by atoms with E-state index >= 15 is 0 Å². The molecule has 1 aliphatic heterocycles. The van der Waals surface area contributed by atoms with Crippen molar-refractivity contribution in [3.63, 3.8) is 0 Å². The topological polar surface area (TPSA) is 70.1 Å². The van der Waals surface area contributed by atoms with Crippen LogP contribution >= 0.6 is 11.6 Å². The van der Waals surface area contributed by atoms with Gasteiger partial charge in [0.15, 0.2) is 0 Å². The molecule has 33 heavy (non-hydrogen) atoms. The summed E-state index contributed by atoms with van der Waals surface area (Å²) in [6.45, 7) is 7.39. The van der Waals surface area contributed by atoms with Gasteiger partial charge in [0.1, 0.15) is 11.5 Å². The summed E-state index contributed by atoms with van der Waals surface area (Å²) >= 11 is 6.19. The van der Waals surface area contributed by atoms with Gasteiger partial charge >= 0.3 is 0 Å². The standard InChI is InChI=1S/C26H31ClN2O4/c1-6-33-21-15-19(11-12-20(21)27)24(30)22-23(18-9-7-17(8-10-18)16(2)3)29(14-13-28(4)5)26(32)25(22)31/h7-12,15-16,23,30H,6,13-14H2,1-5H3/b24-22-. The summed E-state index contributed by atoms with van der Waals surface area (Å²) in [5.41, 5.74) is 2.37. The maximum absolute atomic E-state index is 13.1. The van der Waals surface area contributed by atoms with Crippen LogP contribution in [0.4, 0.5) is 0 Å². The highest BCUT2D eigenvalue weighted by atomic mass is 35.5. The van der Waals surface area contributed by atoms with Crippen molar-refractivity contribution in [3.8, 4) is 5.75 Å². The van der Waals surface area contributed by atoms with Gasteiger partial charge in [-0.15, -0.1) is 0 Å². The monoisotopic (exact) mass is 470 g/mol. The molecule has 1 saturated heterocycles. The molecule has 1 heterocycles. The fourth-order valence-electron chi connectivity index (χ4n) is 3.90. The number of hydrogen-bond acceptors (Lipinski definition) is 5. The molecule has 2 aromatic rings. The van der Waals surface area contributed by atoms with Crippen LogP contribution in [0.15, 0.2) is 48.0 Å². The molecule has 6 nitrogen and oxygen atoms in total. The number of Topliss-reactive ketones (excluding diaryl/α,β-unsaturated/α-hetero) is 1. The number of likely N-dealkylation sites (tertiary alicyclic amines) is 1. The van der Waals surface area contributed by atoms with Gasteiger partial charge in [0.05, 0.1) is 23.2 Å². The number of ether oxygens (including phenoxy) is 1. The molecule has 0 saturated carbocycles. The van der Waals surface area contributed by atoms with E-state index in [-0.39, 0.29) is 11.3 Å². The number of hydrogen-bond donors (Lipinski definition) is 1. The van der Waals surface area contributed by atoms with Gasteiger partial charge in [-0.3, -0.25) is 9.59 Å². The highest BCUT2D eigenvalue weighted by molar-refractivity contribution is 6.46. The molecule has 0 aromatic heterocycles. The van der Waals surface area contributed by atoms with E-state index in [2.05, 4.69) is 13.8 Å². The third kappa shape index (κ3) is 5.23. The zero-order valence-corrected chi connectivity index (χ0v) is 20.5. The molecule has 176 valence electrons. The minimum Gasteiger partial charge on any atom is -0.507 e. The molecule has 1 N–H and O–H groups in total. The van der Waals surface area contributed by atoms with Crippen LogP contribution in [0.25, 0.3) is 5.76 Å². The third-order valence-corrected chi connectivity index (χ3v) is 6.06. The van der Waals surface area contributed by atoms with Crippen LogP contribution in [0.1, 0.15) is 49.4 Å². The number of rotatable bonds is 8. The summed E-state index contributed by atoms with van der Waals surface area (Å²) in [5, 5.41) is 11.6. The van der Waals surface area contributed by atoms with E-state index in [0.717, 1.165) is 11.1 Å². The van der Waals surface area contributed by atoms with Gasteiger partial charge in [-0.05, 0) is 56.3 Å². The number of carbonyl (C=O) groups is 2. The Morgan fingerprint density at radius 2 is 1.82 bits per heavy atom. The molecule has 0 aliphatic carbocycles. The van der Waals surface area contributed by atoms with E-state index in [1.807, 2.05) is 50.2 Å². The predicted molar refractivity (Wildman–Crippen MR) is 131 cm³/mol. The zero-order valence-electron chi connectivity index (χ0n) is 19.8. The maximum atomic E-state index is 13.1. The zero-order chi connectivity index (χ0) is 24.3. The highest BCUT2D eigenvalue weighted by Gasteiger charge is 2.45. The second-order valence-electron chi connectivity index (χ2n) is 8.70. The number of amides is 1. The van der Waals surface area contributed by atoms with Gasteiger partial charge in [-0.25, -0.2) is 0 Å². The summed E-state index contributed by atoms with van der Waals surface area (Å²) in [4.78, 5) is 29.6. The predicted octanol–water partition coefficient (Wildman–Crippen LogP) is 4.85. The van der Waals surface area contributed by atoms with E-state index in [1.54, 1.807) is 18.2 Å². The van der Waals surface area contributed by atoms with Crippen molar-refractivity contribution in [2.24, 2.45) is 0 Å². The third-order valence-electron chi connectivity index (χ3n) is 5.75. The summed E-state index contributed by atoms with van der Waals surface area (Å²) in [6, 6.07) is 12.0. The van der Waals surface area contributed by atoms with Gasteiger partial charge in [-0.1, -0.05) is 49.7 Å². The number of benzene rings is 2. The normalized spacial score (nSPS) is 17.9. The fraction of sp³-hybridized carbons (Fsp3) is 0.385. The molecule has 0 bridgehead atoms. The van der Waals surface area contributed by atoms with Crippen LogP contribution in [0.5, 0.6) is 5.75 Å². The van der Waals surface area contributed by atoms with Crippen molar-refractivity contribution in [3.05, 3.63) is 69.8 Å².